The molecular formula is C17H21N3O4. The SMILES string of the molecule is CCOC(OCC)c1ccc(/C=C/c2ncc([N+](=O)[O-])n2C)cc1. The Bertz CT molecular complexity index is 701. The minimum atomic E-state index is -0.458. The average molecular weight is 331 g/mol. The quantitative estimate of drug-likeness (QED) is 0.420. The van der Waals surface area contributed by atoms with Gasteiger partial charge in [0.2, 0.25) is 5.82 Å². The zero-order valence-electron chi connectivity index (χ0n) is 14.0. The molecule has 128 valence electrons. The van der Waals surface area contributed by atoms with E-state index in [1.54, 1.807) is 13.1 Å². The van der Waals surface area contributed by atoms with Gasteiger partial charge in [-0.1, -0.05) is 24.3 Å². The van der Waals surface area contributed by atoms with Crippen molar-refractivity contribution in [3.05, 3.63) is 57.5 Å². The number of hydrogen-bond acceptors (Lipinski definition) is 5. The summed E-state index contributed by atoms with van der Waals surface area (Å²) in [6.45, 7) is 5.00. The summed E-state index contributed by atoms with van der Waals surface area (Å²) >= 11 is 0. The van der Waals surface area contributed by atoms with E-state index < -0.39 is 4.92 Å². The molecule has 0 aliphatic heterocycles. The first-order valence-corrected chi connectivity index (χ1v) is 7.74. The van der Waals surface area contributed by atoms with Gasteiger partial charge in [0, 0.05) is 24.9 Å². The summed E-state index contributed by atoms with van der Waals surface area (Å²) in [5, 5.41) is 10.8. The molecule has 7 heteroatoms. The van der Waals surface area contributed by atoms with Crippen LogP contribution in [0.5, 0.6) is 0 Å². The zero-order valence-corrected chi connectivity index (χ0v) is 14.0. The molecule has 0 saturated heterocycles. The molecule has 0 saturated carbocycles. The van der Waals surface area contributed by atoms with Crippen LogP contribution in [0.4, 0.5) is 5.82 Å². The standard InChI is InChI=1S/C17H21N3O4/c1-4-23-17(24-5-2)14-9-6-13(7-10-14)8-11-15-18-12-16(19(15)3)20(21)22/h6-12,17H,4-5H2,1-3H3/b11-8+. The predicted octanol–water partition coefficient (Wildman–Crippen LogP) is 3.57. The van der Waals surface area contributed by atoms with Crippen molar-refractivity contribution in [1.82, 2.24) is 9.55 Å². The summed E-state index contributed by atoms with van der Waals surface area (Å²) < 4.78 is 12.6. The molecule has 2 rings (SSSR count). The summed E-state index contributed by atoms with van der Waals surface area (Å²) in [4.78, 5) is 14.4. The number of nitro groups is 1. The van der Waals surface area contributed by atoms with Crippen LogP contribution in [-0.4, -0.2) is 27.7 Å². The molecule has 0 bridgehead atoms. The monoisotopic (exact) mass is 331 g/mol. The molecule has 1 aromatic heterocycles. The van der Waals surface area contributed by atoms with Gasteiger partial charge in [-0.3, -0.25) is 0 Å². The normalized spacial score (nSPS) is 11.5. The highest BCUT2D eigenvalue weighted by Gasteiger charge is 2.14. The molecular weight excluding hydrogens is 310 g/mol. The minimum Gasteiger partial charge on any atom is -0.358 e. The van der Waals surface area contributed by atoms with Crippen LogP contribution < -0.4 is 0 Å². The van der Waals surface area contributed by atoms with E-state index in [1.165, 1.54) is 10.8 Å². The molecule has 0 amide bonds. The van der Waals surface area contributed by atoms with Crippen LogP contribution in [0.2, 0.25) is 0 Å². The predicted molar refractivity (Wildman–Crippen MR) is 91.2 cm³/mol. The van der Waals surface area contributed by atoms with Crippen LogP contribution in [0.25, 0.3) is 12.2 Å². The molecule has 0 N–H and O–H groups in total. The summed E-state index contributed by atoms with van der Waals surface area (Å²) in [7, 11) is 1.61. The summed E-state index contributed by atoms with van der Waals surface area (Å²) in [5.74, 6) is 0.480. The Hall–Kier alpha value is -2.51. The number of ether oxygens (including phenoxy) is 2. The number of benzene rings is 1. The van der Waals surface area contributed by atoms with Crippen molar-refractivity contribution in [2.24, 2.45) is 7.05 Å². The second kappa shape index (κ2) is 8.37. The van der Waals surface area contributed by atoms with Gasteiger partial charge in [0.15, 0.2) is 6.29 Å². The van der Waals surface area contributed by atoms with Crippen molar-refractivity contribution < 1.29 is 14.4 Å². The van der Waals surface area contributed by atoms with Crippen molar-refractivity contribution >= 4 is 18.0 Å². The van der Waals surface area contributed by atoms with E-state index in [1.807, 2.05) is 44.2 Å². The van der Waals surface area contributed by atoms with Gasteiger partial charge in [-0.05, 0) is 30.4 Å². The molecule has 0 fully saturated rings. The molecule has 0 aliphatic carbocycles. The van der Waals surface area contributed by atoms with Gasteiger partial charge in [0.05, 0.1) is 7.05 Å². The Morgan fingerprint density at radius 3 is 2.33 bits per heavy atom. The van der Waals surface area contributed by atoms with E-state index in [2.05, 4.69) is 4.98 Å². The fourth-order valence-electron chi connectivity index (χ4n) is 2.22. The molecule has 0 spiro atoms. The van der Waals surface area contributed by atoms with Gasteiger partial charge in [-0.25, -0.2) is 9.55 Å². The van der Waals surface area contributed by atoms with Gasteiger partial charge in [-0.15, -0.1) is 0 Å². The molecule has 1 aromatic carbocycles. The maximum atomic E-state index is 10.8. The Labute approximate surface area is 140 Å². The smallest absolute Gasteiger partial charge is 0.342 e. The topological polar surface area (TPSA) is 79.4 Å². The zero-order chi connectivity index (χ0) is 17.5. The van der Waals surface area contributed by atoms with Crippen LogP contribution in [0.3, 0.4) is 0 Å². The molecule has 0 aliphatic rings. The maximum absolute atomic E-state index is 10.8. The van der Waals surface area contributed by atoms with E-state index in [0.717, 1.165) is 11.1 Å². The fraction of sp³-hybridized carbons (Fsp3) is 0.353. The Kier molecular flexibility index (Phi) is 6.22. The first kappa shape index (κ1) is 17.8. The van der Waals surface area contributed by atoms with E-state index in [9.17, 15) is 10.1 Å². The lowest BCUT2D eigenvalue weighted by atomic mass is 10.1. The van der Waals surface area contributed by atoms with Gasteiger partial charge in [0.25, 0.3) is 0 Å². The third-order valence-corrected chi connectivity index (χ3v) is 3.46. The van der Waals surface area contributed by atoms with Crippen LogP contribution >= 0.6 is 0 Å². The Morgan fingerprint density at radius 2 is 1.83 bits per heavy atom. The number of hydrogen-bond donors (Lipinski definition) is 0. The van der Waals surface area contributed by atoms with E-state index >= 15 is 0 Å². The summed E-state index contributed by atoms with van der Waals surface area (Å²) in [6.07, 6.45) is 4.48. The second-order valence-corrected chi connectivity index (χ2v) is 5.03. The molecule has 0 radical (unpaired) electrons. The minimum absolute atomic E-state index is 0.0405. The summed E-state index contributed by atoms with van der Waals surface area (Å²) in [6, 6.07) is 7.76. The number of aromatic nitrogens is 2. The Balaban J connectivity index is 2.12. The average Bonchev–Trinajstić information content (AvgIpc) is 2.94. The molecule has 24 heavy (non-hydrogen) atoms. The van der Waals surface area contributed by atoms with Crippen LogP contribution in [-0.2, 0) is 16.5 Å². The highest BCUT2D eigenvalue weighted by atomic mass is 16.7. The summed E-state index contributed by atoms with van der Waals surface area (Å²) in [5.41, 5.74) is 1.90. The highest BCUT2D eigenvalue weighted by molar-refractivity contribution is 5.67. The molecule has 0 unspecified atom stereocenters. The van der Waals surface area contributed by atoms with Gasteiger partial charge in [-0.2, -0.15) is 0 Å². The van der Waals surface area contributed by atoms with Crippen LogP contribution in [0, 0.1) is 10.1 Å². The lowest BCUT2D eigenvalue weighted by Crippen LogP contribution is -2.08. The first-order valence-electron chi connectivity index (χ1n) is 7.74. The van der Waals surface area contributed by atoms with Crippen molar-refractivity contribution in [2.75, 3.05) is 13.2 Å². The third-order valence-electron chi connectivity index (χ3n) is 3.46. The molecule has 0 atom stereocenters. The van der Waals surface area contributed by atoms with E-state index in [-0.39, 0.29) is 12.1 Å². The van der Waals surface area contributed by atoms with Crippen molar-refractivity contribution in [2.45, 2.75) is 20.1 Å². The molecule has 2 aromatic rings. The van der Waals surface area contributed by atoms with Gasteiger partial charge < -0.3 is 19.6 Å². The van der Waals surface area contributed by atoms with Gasteiger partial charge in [0.1, 0.15) is 6.20 Å². The van der Waals surface area contributed by atoms with Crippen molar-refractivity contribution in [3.63, 3.8) is 0 Å². The largest absolute Gasteiger partial charge is 0.358 e. The fourth-order valence-corrected chi connectivity index (χ4v) is 2.22. The first-order chi connectivity index (χ1) is 11.6. The molecule has 7 nitrogen and oxygen atoms in total. The Morgan fingerprint density at radius 1 is 1.21 bits per heavy atom. The van der Waals surface area contributed by atoms with Crippen LogP contribution in [0.15, 0.2) is 30.5 Å². The van der Waals surface area contributed by atoms with Crippen molar-refractivity contribution in [1.29, 1.82) is 0 Å². The third kappa shape index (κ3) is 4.27. The lowest BCUT2D eigenvalue weighted by Gasteiger charge is -2.17. The number of nitrogens with zero attached hydrogens (tertiary/aromatic N) is 3. The lowest BCUT2D eigenvalue weighted by molar-refractivity contribution is -0.391. The van der Waals surface area contributed by atoms with Gasteiger partial charge >= 0.3 is 5.82 Å². The van der Waals surface area contributed by atoms with Crippen molar-refractivity contribution in [3.8, 4) is 0 Å². The second-order valence-electron chi connectivity index (χ2n) is 5.03. The molecule has 1 heterocycles. The highest BCUT2D eigenvalue weighted by Crippen LogP contribution is 2.20. The van der Waals surface area contributed by atoms with E-state index in [0.29, 0.717) is 19.0 Å². The van der Waals surface area contributed by atoms with E-state index in [4.69, 9.17) is 9.47 Å². The number of imidazole rings is 1. The number of rotatable bonds is 8. The maximum Gasteiger partial charge on any atom is 0.342 e. The van der Waals surface area contributed by atoms with Crippen LogP contribution in [0.1, 0.15) is 37.1 Å².